The van der Waals surface area contributed by atoms with Crippen molar-refractivity contribution in [3.05, 3.63) is 0 Å². The van der Waals surface area contributed by atoms with Gasteiger partial charge in [-0.1, -0.05) is 6.92 Å². The second kappa shape index (κ2) is 4.66. The smallest absolute Gasteiger partial charge is 0.148 e. The fourth-order valence-corrected chi connectivity index (χ4v) is 3.08. The molecule has 0 saturated carbocycles. The van der Waals surface area contributed by atoms with E-state index in [4.69, 9.17) is 0 Å². The Morgan fingerprint density at radius 2 is 2.23 bits per heavy atom. The molecule has 0 aliphatic carbocycles. The molecule has 1 fully saturated rings. The number of nitrogens with one attached hydrogen (secondary N) is 1. The van der Waals surface area contributed by atoms with Gasteiger partial charge in [0.05, 0.1) is 5.75 Å². The maximum atomic E-state index is 10.8. The maximum Gasteiger partial charge on any atom is 0.148 e. The average molecular weight is 223 g/mol. The Kier molecular flexibility index (Phi) is 4.06. The largest absolute Gasteiger partial charge is 0.312 e. The first-order valence-corrected chi connectivity index (χ1v) is 7.61. The van der Waals surface area contributed by atoms with Gasteiger partial charge in [0, 0.05) is 29.8 Å². The van der Waals surface area contributed by atoms with Gasteiger partial charge in [-0.05, 0) is 6.42 Å². The first-order valence-electron chi connectivity index (χ1n) is 4.50. The summed E-state index contributed by atoms with van der Waals surface area (Å²) in [5, 5.41) is 3.99. The van der Waals surface area contributed by atoms with Crippen LogP contribution < -0.4 is 5.32 Å². The highest BCUT2D eigenvalue weighted by Gasteiger charge is 2.21. The maximum absolute atomic E-state index is 10.8. The molecule has 1 aliphatic heterocycles. The van der Waals surface area contributed by atoms with Crippen LogP contribution in [0, 0.1) is 0 Å². The molecule has 2 atom stereocenters. The lowest BCUT2D eigenvalue weighted by Gasteiger charge is -2.10. The lowest BCUT2D eigenvalue weighted by molar-refractivity contribution is 0.549. The van der Waals surface area contributed by atoms with Crippen LogP contribution in [0.2, 0.25) is 0 Å². The van der Waals surface area contributed by atoms with Crippen LogP contribution in [0.1, 0.15) is 13.3 Å². The topological polar surface area (TPSA) is 46.2 Å². The van der Waals surface area contributed by atoms with Gasteiger partial charge in [0.25, 0.3) is 0 Å². The molecule has 1 heterocycles. The molecule has 1 saturated heterocycles. The van der Waals surface area contributed by atoms with Crippen LogP contribution in [0.5, 0.6) is 0 Å². The standard InChI is InChI=1S/C8H17NO2S2/c1-7-5-8(6-12-7)9-3-4-13(2,10)11/h7-9H,3-6H2,1-2H3. The number of hydrogen-bond acceptors (Lipinski definition) is 4. The Morgan fingerprint density at radius 1 is 1.54 bits per heavy atom. The van der Waals surface area contributed by atoms with E-state index in [9.17, 15) is 8.42 Å². The SMILES string of the molecule is CC1CC(NCCS(C)(=O)=O)CS1. The van der Waals surface area contributed by atoms with E-state index in [2.05, 4.69) is 12.2 Å². The van der Waals surface area contributed by atoms with Crippen molar-refractivity contribution in [2.24, 2.45) is 0 Å². The summed E-state index contributed by atoms with van der Waals surface area (Å²) in [6.45, 7) is 2.81. The molecule has 1 N–H and O–H groups in total. The van der Waals surface area contributed by atoms with Gasteiger partial charge in [-0.2, -0.15) is 11.8 Å². The van der Waals surface area contributed by atoms with Crippen molar-refractivity contribution in [1.82, 2.24) is 5.32 Å². The van der Waals surface area contributed by atoms with Crippen LogP contribution in [0.15, 0.2) is 0 Å². The molecule has 3 nitrogen and oxygen atoms in total. The number of rotatable bonds is 4. The van der Waals surface area contributed by atoms with E-state index < -0.39 is 9.84 Å². The van der Waals surface area contributed by atoms with Crippen LogP contribution in [-0.4, -0.2) is 44.0 Å². The second-order valence-electron chi connectivity index (χ2n) is 3.66. The van der Waals surface area contributed by atoms with Gasteiger partial charge >= 0.3 is 0 Å². The molecule has 0 spiro atoms. The normalized spacial score (nSPS) is 29.4. The van der Waals surface area contributed by atoms with E-state index in [0.29, 0.717) is 12.6 Å². The fraction of sp³-hybridized carbons (Fsp3) is 1.00. The summed E-state index contributed by atoms with van der Waals surface area (Å²) >= 11 is 1.95. The molecule has 0 aromatic carbocycles. The zero-order chi connectivity index (χ0) is 9.90. The highest BCUT2D eigenvalue weighted by atomic mass is 32.2. The van der Waals surface area contributed by atoms with Gasteiger partial charge < -0.3 is 5.32 Å². The number of thioether (sulfide) groups is 1. The minimum absolute atomic E-state index is 0.253. The van der Waals surface area contributed by atoms with Crippen molar-refractivity contribution in [3.63, 3.8) is 0 Å². The molecule has 0 bridgehead atoms. The number of sulfone groups is 1. The van der Waals surface area contributed by atoms with Crippen molar-refractivity contribution in [2.75, 3.05) is 24.3 Å². The summed E-state index contributed by atoms with van der Waals surface area (Å²) in [4.78, 5) is 0. The minimum Gasteiger partial charge on any atom is -0.312 e. The van der Waals surface area contributed by atoms with Gasteiger partial charge in [-0.3, -0.25) is 0 Å². The summed E-state index contributed by atoms with van der Waals surface area (Å²) in [5.41, 5.74) is 0. The van der Waals surface area contributed by atoms with Gasteiger partial charge in [0.2, 0.25) is 0 Å². The van der Waals surface area contributed by atoms with Crippen LogP contribution >= 0.6 is 11.8 Å². The quantitative estimate of drug-likeness (QED) is 0.754. The lowest BCUT2D eigenvalue weighted by Crippen LogP contribution is -2.33. The molecule has 0 aromatic heterocycles. The van der Waals surface area contributed by atoms with Crippen molar-refractivity contribution >= 4 is 21.6 Å². The summed E-state index contributed by atoms with van der Waals surface area (Å²) in [6.07, 6.45) is 2.44. The average Bonchev–Trinajstić information content (AvgIpc) is 2.33. The van der Waals surface area contributed by atoms with Gasteiger partial charge in [-0.25, -0.2) is 8.42 Å². The zero-order valence-electron chi connectivity index (χ0n) is 8.12. The molecule has 1 rings (SSSR count). The van der Waals surface area contributed by atoms with E-state index in [1.54, 1.807) is 0 Å². The van der Waals surface area contributed by atoms with Crippen LogP contribution in [0.4, 0.5) is 0 Å². The van der Waals surface area contributed by atoms with Gasteiger partial charge in [0.1, 0.15) is 9.84 Å². The molecule has 0 aromatic rings. The summed E-state index contributed by atoms with van der Waals surface area (Å²) in [5.74, 6) is 1.37. The Morgan fingerprint density at radius 3 is 2.69 bits per heavy atom. The third kappa shape index (κ3) is 4.88. The molecule has 78 valence electrons. The van der Waals surface area contributed by atoms with Crippen molar-refractivity contribution in [2.45, 2.75) is 24.6 Å². The van der Waals surface area contributed by atoms with Crippen molar-refractivity contribution in [1.29, 1.82) is 0 Å². The molecule has 0 radical (unpaired) electrons. The predicted molar refractivity (Wildman–Crippen MR) is 58.0 cm³/mol. The molecule has 5 heteroatoms. The number of hydrogen-bond donors (Lipinski definition) is 1. The van der Waals surface area contributed by atoms with Crippen molar-refractivity contribution < 1.29 is 8.42 Å². The van der Waals surface area contributed by atoms with Crippen LogP contribution in [-0.2, 0) is 9.84 Å². The van der Waals surface area contributed by atoms with E-state index in [-0.39, 0.29) is 5.75 Å². The monoisotopic (exact) mass is 223 g/mol. The molecule has 2 unspecified atom stereocenters. The highest BCUT2D eigenvalue weighted by Crippen LogP contribution is 2.25. The first-order chi connectivity index (χ1) is 5.97. The van der Waals surface area contributed by atoms with Crippen LogP contribution in [0.25, 0.3) is 0 Å². The minimum atomic E-state index is -2.80. The van der Waals surface area contributed by atoms with E-state index in [0.717, 1.165) is 17.4 Å². The third-order valence-corrected chi connectivity index (χ3v) is 4.41. The summed E-state index contributed by atoms with van der Waals surface area (Å²) in [6, 6.07) is 0.516. The zero-order valence-corrected chi connectivity index (χ0v) is 9.75. The Balaban J connectivity index is 2.14. The molecular weight excluding hydrogens is 206 g/mol. The lowest BCUT2D eigenvalue weighted by atomic mass is 10.2. The summed E-state index contributed by atoms with van der Waals surface area (Å²) in [7, 11) is -2.80. The van der Waals surface area contributed by atoms with E-state index in [1.807, 2.05) is 11.8 Å². The first kappa shape index (κ1) is 11.3. The van der Waals surface area contributed by atoms with Gasteiger partial charge in [-0.15, -0.1) is 0 Å². The van der Waals surface area contributed by atoms with Crippen molar-refractivity contribution in [3.8, 4) is 0 Å². The molecule has 0 amide bonds. The molecule has 1 aliphatic rings. The second-order valence-corrected chi connectivity index (χ2v) is 7.39. The van der Waals surface area contributed by atoms with Crippen LogP contribution in [0.3, 0.4) is 0 Å². The fourth-order valence-electron chi connectivity index (χ4n) is 1.41. The Bertz CT molecular complexity index is 251. The Hall–Kier alpha value is 0.260. The summed E-state index contributed by atoms with van der Waals surface area (Å²) < 4.78 is 21.6. The Labute approximate surface area is 84.6 Å². The van der Waals surface area contributed by atoms with E-state index in [1.165, 1.54) is 6.26 Å². The molecular formula is C8H17NO2S2. The predicted octanol–water partition coefficient (Wildman–Crippen LogP) is 0.515. The third-order valence-electron chi connectivity index (χ3n) is 2.10. The highest BCUT2D eigenvalue weighted by molar-refractivity contribution is 8.00. The van der Waals surface area contributed by atoms with E-state index >= 15 is 0 Å². The van der Waals surface area contributed by atoms with Gasteiger partial charge in [0.15, 0.2) is 0 Å². The molecule has 13 heavy (non-hydrogen) atoms.